The van der Waals surface area contributed by atoms with Crippen LogP contribution in [0, 0.1) is 0 Å². The van der Waals surface area contributed by atoms with E-state index >= 15 is 0 Å². The minimum Gasteiger partial charge on any atom is -0.456 e. The first-order valence-electron chi connectivity index (χ1n) is 21.5. The summed E-state index contributed by atoms with van der Waals surface area (Å²) in [4.78, 5) is 10.7. The van der Waals surface area contributed by atoms with E-state index in [4.69, 9.17) is 18.8 Å². The highest BCUT2D eigenvalue weighted by Gasteiger charge is 2.25. The van der Waals surface area contributed by atoms with Gasteiger partial charge in [-0.2, -0.15) is 0 Å². The van der Waals surface area contributed by atoms with Crippen LogP contribution in [0.3, 0.4) is 0 Å². The van der Waals surface area contributed by atoms with E-state index in [-0.39, 0.29) is 5.92 Å². The van der Waals surface area contributed by atoms with Gasteiger partial charge in [0.2, 0.25) is 0 Å². The van der Waals surface area contributed by atoms with Gasteiger partial charge in [-0.1, -0.05) is 152 Å². The zero-order valence-corrected chi connectivity index (χ0v) is 34.1. The SMILES string of the molecule is C1=CCC(c2cc(-c3ccccc3)nc(-c3cc(-c4ccccc4)c(-n4c5ccccc5c5c6oc7cc8oc9ccccc9c8cc7c6ccc54)c(-c4ccccc4)c3)n2)C=C1. The smallest absolute Gasteiger partial charge is 0.160 e. The standard InChI is InChI=1S/C58H37N3O2/c1-5-17-36(18-6-1)44-31-40(58-59-48(38-21-9-3-10-22-38)34-49(60-58)39-23-11-4-12-24-39)32-45(37-19-7-2-8-20-37)56(44)61-50-27-15-13-26-43(50)55-51(61)30-29-42-47-33-46-41-25-14-16-28-52(41)62-53(46)35-54(47)63-57(42)55/h1-23,25-35,39H,24H2. The second kappa shape index (κ2) is 14.2. The number of rotatable bonds is 6. The molecule has 0 fully saturated rings. The van der Waals surface area contributed by atoms with Gasteiger partial charge in [-0.25, -0.2) is 9.97 Å². The van der Waals surface area contributed by atoms with Crippen molar-refractivity contribution in [2.24, 2.45) is 0 Å². The van der Waals surface area contributed by atoms with Gasteiger partial charge in [0, 0.05) is 61.2 Å². The zero-order valence-electron chi connectivity index (χ0n) is 34.1. The molecule has 4 aromatic heterocycles. The van der Waals surface area contributed by atoms with Crippen molar-refractivity contribution in [3.63, 3.8) is 0 Å². The maximum atomic E-state index is 6.94. The maximum absolute atomic E-state index is 6.94. The largest absolute Gasteiger partial charge is 0.456 e. The highest BCUT2D eigenvalue weighted by atomic mass is 16.3. The number of benzene rings is 8. The highest BCUT2D eigenvalue weighted by Crippen LogP contribution is 2.47. The molecular formula is C58H37N3O2. The normalized spacial score (nSPS) is 14.0. The monoisotopic (exact) mass is 807 g/mol. The van der Waals surface area contributed by atoms with E-state index in [1.807, 2.05) is 18.2 Å². The van der Waals surface area contributed by atoms with Crippen LogP contribution in [0.2, 0.25) is 0 Å². The summed E-state index contributed by atoms with van der Waals surface area (Å²) in [7, 11) is 0. The van der Waals surface area contributed by atoms with Crippen molar-refractivity contribution in [2.45, 2.75) is 12.3 Å². The molecule has 0 N–H and O–H groups in total. The van der Waals surface area contributed by atoms with Crippen LogP contribution in [0.5, 0.6) is 0 Å². The lowest BCUT2D eigenvalue weighted by Crippen LogP contribution is -2.05. The lowest BCUT2D eigenvalue weighted by molar-refractivity contribution is 0.658. The van der Waals surface area contributed by atoms with Crippen molar-refractivity contribution in [2.75, 3.05) is 0 Å². The summed E-state index contributed by atoms with van der Waals surface area (Å²) in [6.07, 6.45) is 9.59. The van der Waals surface area contributed by atoms with E-state index in [0.717, 1.165) is 123 Å². The first-order chi connectivity index (χ1) is 31.2. The van der Waals surface area contributed by atoms with Crippen molar-refractivity contribution >= 4 is 65.7 Å². The van der Waals surface area contributed by atoms with Crippen molar-refractivity contribution in [3.05, 3.63) is 212 Å². The third-order valence-corrected chi connectivity index (χ3v) is 12.7. The summed E-state index contributed by atoms with van der Waals surface area (Å²) in [6, 6.07) is 64.3. The maximum Gasteiger partial charge on any atom is 0.160 e. The summed E-state index contributed by atoms with van der Waals surface area (Å²) >= 11 is 0. The quantitative estimate of drug-likeness (QED) is 0.168. The molecule has 1 aliphatic carbocycles. The lowest BCUT2D eigenvalue weighted by Gasteiger charge is -2.21. The van der Waals surface area contributed by atoms with Gasteiger partial charge >= 0.3 is 0 Å². The molecule has 0 spiro atoms. The summed E-state index contributed by atoms with van der Waals surface area (Å²) in [5.41, 5.74) is 14.8. The molecule has 296 valence electrons. The van der Waals surface area contributed by atoms with Crippen LogP contribution in [0.25, 0.3) is 116 Å². The Morgan fingerprint density at radius 3 is 1.84 bits per heavy atom. The Bertz CT molecular complexity index is 3760. The van der Waals surface area contributed by atoms with Gasteiger partial charge < -0.3 is 13.4 Å². The van der Waals surface area contributed by atoms with E-state index in [1.165, 1.54) is 0 Å². The molecule has 1 unspecified atom stereocenters. The highest BCUT2D eigenvalue weighted by molar-refractivity contribution is 6.25. The van der Waals surface area contributed by atoms with Gasteiger partial charge in [-0.15, -0.1) is 0 Å². The van der Waals surface area contributed by atoms with Gasteiger partial charge in [0.25, 0.3) is 0 Å². The third kappa shape index (κ3) is 5.70. The van der Waals surface area contributed by atoms with Crippen LogP contribution in [0.1, 0.15) is 18.0 Å². The number of hydrogen-bond acceptors (Lipinski definition) is 4. The van der Waals surface area contributed by atoms with Crippen LogP contribution < -0.4 is 0 Å². The molecule has 1 aliphatic rings. The molecule has 5 nitrogen and oxygen atoms in total. The Hall–Kier alpha value is -8.28. The molecule has 0 aliphatic heterocycles. The molecule has 13 rings (SSSR count). The summed E-state index contributed by atoms with van der Waals surface area (Å²) in [5.74, 6) is 0.845. The number of nitrogens with zero attached hydrogens (tertiary/aromatic N) is 3. The van der Waals surface area contributed by atoms with E-state index < -0.39 is 0 Å². The van der Waals surface area contributed by atoms with Crippen LogP contribution in [0.15, 0.2) is 215 Å². The van der Waals surface area contributed by atoms with Crippen molar-refractivity contribution < 1.29 is 8.83 Å². The number of hydrogen-bond donors (Lipinski definition) is 0. The first-order valence-corrected chi connectivity index (χ1v) is 21.5. The second-order valence-electron chi connectivity index (χ2n) is 16.4. The second-order valence-corrected chi connectivity index (χ2v) is 16.4. The fourth-order valence-corrected chi connectivity index (χ4v) is 9.77. The Kier molecular flexibility index (Phi) is 7.97. The van der Waals surface area contributed by atoms with Crippen LogP contribution in [-0.4, -0.2) is 14.5 Å². The Balaban J connectivity index is 1.11. The van der Waals surface area contributed by atoms with Gasteiger partial charge in [0.1, 0.15) is 22.3 Å². The van der Waals surface area contributed by atoms with E-state index in [0.29, 0.717) is 5.82 Å². The Morgan fingerprint density at radius 2 is 1.11 bits per heavy atom. The molecule has 1 atom stereocenters. The predicted octanol–water partition coefficient (Wildman–Crippen LogP) is 15.6. The summed E-state index contributed by atoms with van der Waals surface area (Å²) in [5, 5.41) is 6.51. The molecule has 12 aromatic rings. The minimum absolute atomic E-state index is 0.151. The van der Waals surface area contributed by atoms with E-state index in [9.17, 15) is 0 Å². The molecule has 5 heteroatoms. The topological polar surface area (TPSA) is 57.0 Å². The molecule has 0 radical (unpaired) electrons. The Morgan fingerprint density at radius 1 is 0.460 bits per heavy atom. The molecule has 4 heterocycles. The fraction of sp³-hybridized carbons (Fsp3) is 0.0345. The number of allylic oxidation sites excluding steroid dienone is 4. The Labute approximate surface area is 362 Å². The minimum atomic E-state index is 0.151. The fourth-order valence-electron chi connectivity index (χ4n) is 9.77. The van der Waals surface area contributed by atoms with Crippen molar-refractivity contribution in [1.82, 2.24) is 14.5 Å². The predicted molar refractivity (Wildman–Crippen MR) is 258 cm³/mol. The third-order valence-electron chi connectivity index (χ3n) is 12.7. The number of fused-ring (bicyclic) bond motifs is 10. The molecule has 8 aromatic carbocycles. The number of para-hydroxylation sites is 2. The lowest BCUT2D eigenvalue weighted by atomic mass is 9.92. The van der Waals surface area contributed by atoms with Crippen LogP contribution >= 0.6 is 0 Å². The van der Waals surface area contributed by atoms with Crippen molar-refractivity contribution in [3.8, 4) is 50.6 Å². The average molecular weight is 808 g/mol. The summed E-state index contributed by atoms with van der Waals surface area (Å²) < 4.78 is 15.7. The molecule has 0 amide bonds. The average Bonchev–Trinajstić information content (AvgIpc) is 4.02. The first kappa shape index (κ1) is 35.5. The summed E-state index contributed by atoms with van der Waals surface area (Å²) in [6.45, 7) is 0. The van der Waals surface area contributed by atoms with E-state index in [2.05, 4.69) is 193 Å². The van der Waals surface area contributed by atoms with Crippen LogP contribution in [-0.2, 0) is 0 Å². The van der Waals surface area contributed by atoms with E-state index in [1.54, 1.807) is 0 Å². The molecule has 0 bridgehead atoms. The zero-order chi connectivity index (χ0) is 41.4. The van der Waals surface area contributed by atoms with Crippen molar-refractivity contribution in [1.29, 1.82) is 0 Å². The van der Waals surface area contributed by atoms with Crippen LogP contribution in [0.4, 0.5) is 0 Å². The molecular weight excluding hydrogens is 771 g/mol. The molecule has 63 heavy (non-hydrogen) atoms. The van der Waals surface area contributed by atoms with Gasteiger partial charge in [-0.05, 0) is 66.1 Å². The van der Waals surface area contributed by atoms with Gasteiger partial charge in [0.15, 0.2) is 5.82 Å². The number of aromatic nitrogens is 3. The van der Waals surface area contributed by atoms with Gasteiger partial charge in [-0.3, -0.25) is 0 Å². The molecule has 0 saturated carbocycles. The molecule has 0 saturated heterocycles. The van der Waals surface area contributed by atoms with Gasteiger partial charge in [0.05, 0.1) is 33.5 Å². The number of furan rings is 2.